The smallest absolute Gasteiger partial charge is 0.393 e. The lowest BCUT2D eigenvalue weighted by molar-refractivity contribution is -0.187. The quantitative estimate of drug-likeness (QED) is 0.910. The summed E-state index contributed by atoms with van der Waals surface area (Å²) in [6, 6.07) is 2.86. The maximum Gasteiger partial charge on any atom is 0.393 e. The van der Waals surface area contributed by atoms with Gasteiger partial charge in [-0.05, 0) is 19.1 Å². The zero-order chi connectivity index (χ0) is 16.0. The normalized spacial score (nSPS) is 24.4. The van der Waals surface area contributed by atoms with Crippen molar-refractivity contribution in [1.82, 2.24) is 4.31 Å². The lowest BCUT2D eigenvalue weighted by Crippen LogP contribution is -2.34. The number of aliphatic carboxylic acids is 1. The lowest BCUT2D eigenvalue weighted by atomic mass is 9.96. The van der Waals surface area contributed by atoms with Crippen molar-refractivity contribution in [3.63, 3.8) is 0 Å². The summed E-state index contributed by atoms with van der Waals surface area (Å²) in [6.45, 7) is 0.144. The highest BCUT2D eigenvalue weighted by Gasteiger charge is 2.55. The molecular weight excluding hydrogens is 331 g/mol. The number of thiophene rings is 1. The van der Waals surface area contributed by atoms with Crippen LogP contribution in [0.5, 0.6) is 0 Å². The van der Waals surface area contributed by atoms with Crippen LogP contribution >= 0.6 is 11.3 Å². The van der Waals surface area contributed by atoms with Gasteiger partial charge in [0, 0.05) is 18.0 Å². The minimum absolute atomic E-state index is 0.0769. The fraction of sp³-hybridized carbons (Fsp3) is 0.545. The van der Waals surface area contributed by atoms with Crippen LogP contribution in [0.1, 0.15) is 4.88 Å². The summed E-state index contributed by atoms with van der Waals surface area (Å²) in [6.07, 6.45) is -4.75. The Morgan fingerprint density at radius 2 is 2.00 bits per heavy atom. The molecule has 2 heterocycles. The number of carbonyl (C=O) groups is 1. The van der Waals surface area contributed by atoms with Crippen LogP contribution in [0.25, 0.3) is 0 Å². The molecule has 0 aliphatic carbocycles. The highest BCUT2D eigenvalue weighted by atomic mass is 32.2. The van der Waals surface area contributed by atoms with Crippen LogP contribution < -0.4 is 0 Å². The van der Waals surface area contributed by atoms with Gasteiger partial charge in [0.1, 0.15) is 4.21 Å². The summed E-state index contributed by atoms with van der Waals surface area (Å²) in [5.41, 5.74) is 0. The van der Waals surface area contributed by atoms with Crippen LogP contribution in [0.4, 0.5) is 13.2 Å². The Hall–Kier alpha value is -1.13. The van der Waals surface area contributed by atoms with Crippen molar-refractivity contribution in [1.29, 1.82) is 0 Å². The number of hydrogen-bond donors (Lipinski definition) is 1. The van der Waals surface area contributed by atoms with Gasteiger partial charge in [-0.3, -0.25) is 4.79 Å². The van der Waals surface area contributed by atoms with Gasteiger partial charge in [0.2, 0.25) is 0 Å². The number of nitrogens with zero attached hydrogens (tertiary/aromatic N) is 1. The van der Waals surface area contributed by atoms with E-state index in [4.69, 9.17) is 5.11 Å². The topological polar surface area (TPSA) is 74.7 Å². The Bertz CT molecular complexity index is 653. The third-order valence-corrected chi connectivity index (χ3v) is 6.63. The van der Waals surface area contributed by atoms with Gasteiger partial charge >= 0.3 is 12.1 Å². The van der Waals surface area contributed by atoms with Crippen molar-refractivity contribution < 1.29 is 31.5 Å². The summed E-state index contributed by atoms with van der Waals surface area (Å²) < 4.78 is 63.6. The van der Waals surface area contributed by atoms with E-state index in [0.29, 0.717) is 9.18 Å². The lowest BCUT2D eigenvalue weighted by Gasteiger charge is -2.18. The Kier molecular flexibility index (Phi) is 4.06. The minimum atomic E-state index is -4.75. The largest absolute Gasteiger partial charge is 0.481 e. The molecule has 2 rings (SSSR count). The number of carboxylic acids is 1. The summed E-state index contributed by atoms with van der Waals surface area (Å²) >= 11 is 0.942. The number of sulfonamides is 1. The van der Waals surface area contributed by atoms with Crippen LogP contribution in [-0.2, 0) is 14.8 Å². The monoisotopic (exact) mass is 343 g/mol. The number of halogens is 3. The van der Waals surface area contributed by atoms with Gasteiger partial charge in [0.05, 0.1) is 11.8 Å². The van der Waals surface area contributed by atoms with Crippen molar-refractivity contribution in [2.24, 2.45) is 11.8 Å². The van der Waals surface area contributed by atoms with Crippen molar-refractivity contribution in [2.75, 3.05) is 13.1 Å². The molecule has 1 aromatic rings. The van der Waals surface area contributed by atoms with E-state index in [1.165, 1.54) is 6.07 Å². The van der Waals surface area contributed by atoms with Gasteiger partial charge < -0.3 is 5.11 Å². The second-order valence-electron chi connectivity index (χ2n) is 4.78. The molecule has 0 aromatic carbocycles. The van der Waals surface area contributed by atoms with Crippen LogP contribution in [0.15, 0.2) is 16.3 Å². The van der Waals surface area contributed by atoms with Gasteiger partial charge in [0.15, 0.2) is 0 Å². The van der Waals surface area contributed by atoms with E-state index in [-0.39, 0.29) is 4.21 Å². The molecule has 0 saturated carbocycles. The number of alkyl halides is 3. The third kappa shape index (κ3) is 3.06. The van der Waals surface area contributed by atoms with Crippen molar-refractivity contribution in [2.45, 2.75) is 17.3 Å². The van der Waals surface area contributed by atoms with Crippen LogP contribution in [0, 0.1) is 18.8 Å². The van der Waals surface area contributed by atoms with E-state index in [0.717, 1.165) is 11.3 Å². The Labute approximate surface area is 123 Å². The standard InChI is InChI=1S/C11H12F3NO4S2/c1-6-2-3-9(20-6)21(18,19)15-4-7(10(16)17)8(5-15)11(12,13)14/h2-3,7-8H,4-5H2,1H3,(H,16,17)/t7-,8-/m1/s1. The van der Waals surface area contributed by atoms with Crippen molar-refractivity contribution >= 4 is 27.3 Å². The molecule has 0 radical (unpaired) electrons. The summed E-state index contributed by atoms with van der Waals surface area (Å²) in [5, 5.41) is 8.89. The first-order valence-electron chi connectivity index (χ1n) is 5.89. The molecule has 2 atom stereocenters. The predicted octanol–water partition coefficient (Wildman–Crippen LogP) is 1.94. The highest BCUT2D eigenvalue weighted by molar-refractivity contribution is 7.91. The van der Waals surface area contributed by atoms with E-state index < -0.39 is 47.1 Å². The SMILES string of the molecule is Cc1ccc(S(=O)(=O)N2C[C@@H](C(F)(F)F)[C@H](C(=O)O)C2)s1. The fourth-order valence-electron chi connectivity index (χ4n) is 2.22. The zero-order valence-corrected chi connectivity index (χ0v) is 12.4. The minimum Gasteiger partial charge on any atom is -0.481 e. The molecular formula is C11H12F3NO4S2. The van der Waals surface area contributed by atoms with Crippen LogP contribution in [0.3, 0.4) is 0 Å². The number of hydrogen-bond acceptors (Lipinski definition) is 4. The molecule has 0 unspecified atom stereocenters. The van der Waals surface area contributed by atoms with E-state index >= 15 is 0 Å². The van der Waals surface area contributed by atoms with E-state index in [2.05, 4.69) is 0 Å². The van der Waals surface area contributed by atoms with E-state index in [9.17, 15) is 26.4 Å². The van der Waals surface area contributed by atoms with Crippen LogP contribution in [-0.4, -0.2) is 43.1 Å². The van der Waals surface area contributed by atoms with Gasteiger partial charge in [-0.1, -0.05) is 0 Å². The maximum atomic E-state index is 12.9. The molecule has 21 heavy (non-hydrogen) atoms. The maximum absolute atomic E-state index is 12.9. The first kappa shape index (κ1) is 16.2. The van der Waals surface area contributed by atoms with E-state index in [1.54, 1.807) is 13.0 Å². The summed E-state index contributed by atoms with van der Waals surface area (Å²) in [5.74, 6) is -5.61. The van der Waals surface area contributed by atoms with Gasteiger partial charge in [0.25, 0.3) is 10.0 Å². The van der Waals surface area contributed by atoms with Crippen molar-refractivity contribution in [3.05, 3.63) is 17.0 Å². The fourth-order valence-corrected chi connectivity index (χ4v) is 5.15. The molecule has 1 saturated heterocycles. The molecule has 1 N–H and O–H groups in total. The van der Waals surface area contributed by atoms with Gasteiger partial charge in [-0.25, -0.2) is 8.42 Å². The molecule has 118 valence electrons. The molecule has 1 fully saturated rings. The highest BCUT2D eigenvalue weighted by Crippen LogP contribution is 2.40. The first-order valence-corrected chi connectivity index (χ1v) is 8.15. The molecule has 5 nitrogen and oxygen atoms in total. The van der Waals surface area contributed by atoms with E-state index in [1.807, 2.05) is 0 Å². The number of carboxylic acid groups (broad SMARTS) is 1. The molecule has 1 aliphatic heterocycles. The average Bonchev–Trinajstić information content (AvgIpc) is 2.93. The number of aryl methyl sites for hydroxylation is 1. The molecule has 0 spiro atoms. The number of rotatable bonds is 3. The third-order valence-electron chi connectivity index (χ3n) is 3.33. The first-order chi connectivity index (χ1) is 9.53. The molecule has 10 heteroatoms. The Morgan fingerprint density at radius 1 is 1.38 bits per heavy atom. The van der Waals surface area contributed by atoms with Crippen LogP contribution in [0.2, 0.25) is 0 Å². The second kappa shape index (κ2) is 5.25. The summed E-state index contributed by atoms with van der Waals surface area (Å²) in [7, 11) is -4.09. The zero-order valence-electron chi connectivity index (χ0n) is 10.8. The average molecular weight is 343 g/mol. The molecule has 0 amide bonds. The predicted molar refractivity (Wildman–Crippen MR) is 68.5 cm³/mol. The summed E-state index contributed by atoms with van der Waals surface area (Å²) in [4.78, 5) is 11.7. The van der Waals surface area contributed by atoms with Gasteiger partial charge in [-0.2, -0.15) is 17.5 Å². The Balaban J connectivity index is 2.33. The van der Waals surface area contributed by atoms with Gasteiger partial charge in [-0.15, -0.1) is 11.3 Å². The Morgan fingerprint density at radius 3 is 2.38 bits per heavy atom. The molecule has 1 aromatic heterocycles. The molecule has 1 aliphatic rings. The molecule has 0 bridgehead atoms. The second-order valence-corrected chi connectivity index (χ2v) is 8.23. The van der Waals surface area contributed by atoms with Crippen molar-refractivity contribution in [3.8, 4) is 0 Å².